The van der Waals surface area contributed by atoms with E-state index in [1.807, 2.05) is 0 Å². The first-order valence-corrected chi connectivity index (χ1v) is 14.9. The van der Waals surface area contributed by atoms with Gasteiger partial charge in [0.1, 0.15) is 6.61 Å². The van der Waals surface area contributed by atoms with E-state index in [2.05, 4.69) is 20.8 Å². The van der Waals surface area contributed by atoms with Crippen molar-refractivity contribution < 1.29 is 29.0 Å². The lowest BCUT2D eigenvalue weighted by Crippen LogP contribution is -2.48. The Morgan fingerprint density at radius 2 is 1.03 bits per heavy atom. The number of carbonyl (C=O) groups excluding carboxylic acids is 3. The minimum atomic E-state index is -1.68. The summed E-state index contributed by atoms with van der Waals surface area (Å²) in [6.45, 7) is 6.63. The molecule has 212 valence electrons. The molecule has 1 N–H and O–H groups in total. The van der Waals surface area contributed by atoms with Crippen LogP contribution in [0.4, 0.5) is 0 Å². The topological polar surface area (TPSA) is 89.9 Å². The predicted octanol–water partition coefficient (Wildman–Crippen LogP) is 7.13. The maximum absolute atomic E-state index is 13.6. The molecule has 0 fully saturated rings. The molecule has 0 aliphatic heterocycles. The molecule has 0 amide bonds. The van der Waals surface area contributed by atoms with Crippen molar-refractivity contribution in [3.63, 3.8) is 0 Å². The first-order chi connectivity index (χ1) is 17.5. The Balaban J connectivity index is 5.50. The predicted molar refractivity (Wildman–Crippen MR) is 146 cm³/mol. The van der Waals surface area contributed by atoms with Gasteiger partial charge in [0.15, 0.2) is 17.0 Å². The average molecular weight is 513 g/mol. The van der Waals surface area contributed by atoms with Crippen molar-refractivity contribution in [2.75, 3.05) is 26.4 Å². The number of Topliss-reactive ketones (excluding diaryl/α,β-unsaturated/α-hetero) is 2. The lowest BCUT2D eigenvalue weighted by atomic mass is 9.72. The maximum atomic E-state index is 13.6. The van der Waals surface area contributed by atoms with Crippen LogP contribution < -0.4 is 0 Å². The van der Waals surface area contributed by atoms with Gasteiger partial charge >= 0.3 is 5.97 Å². The second kappa shape index (κ2) is 24.1. The van der Waals surface area contributed by atoms with E-state index in [1.165, 1.54) is 6.42 Å². The first-order valence-electron chi connectivity index (χ1n) is 14.9. The number of aliphatic hydroxyl groups excluding tert-OH is 1. The molecule has 0 aromatic heterocycles. The summed E-state index contributed by atoms with van der Waals surface area (Å²) >= 11 is 0. The Labute approximate surface area is 221 Å². The van der Waals surface area contributed by atoms with E-state index in [0.29, 0.717) is 19.3 Å². The third kappa shape index (κ3) is 15.1. The summed E-state index contributed by atoms with van der Waals surface area (Å²) in [6, 6.07) is 0. The molecule has 0 saturated heterocycles. The van der Waals surface area contributed by atoms with Crippen molar-refractivity contribution in [2.45, 2.75) is 143 Å². The number of ketones is 2. The summed E-state index contributed by atoms with van der Waals surface area (Å²) in [5.74, 6) is -1.21. The fourth-order valence-electron chi connectivity index (χ4n) is 4.62. The fourth-order valence-corrected chi connectivity index (χ4v) is 4.62. The SMILES string of the molecule is CCCCCCCCC(C(=O)CCCCCCC)(C(=O)CCCCCCC)C(=O)OCCOCCO. The van der Waals surface area contributed by atoms with Gasteiger partial charge in [0.25, 0.3) is 0 Å². The zero-order valence-corrected chi connectivity index (χ0v) is 23.8. The standard InChI is InChI=1S/C30H56O6/c1-4-7-10-13-16-19-22-30(27(32)20-17-14-11-8-5-2,28(33)21-18-15-12-9-6-3)29(34)36-26-25-35-24-23-31/h31H,4-26H2,1-3H3. The minimum Gasteiger partial charge on any atom is -0.462 e. The number of ether oxygens (including phenoxy) is 2. The highest BCUT2D eigenvalue weighted by Crippen LogP contribution is 2.34. The molecule has 0 rings (SSSR count). The number of carbonyl (C=O) groups is 3. The van der Waals surface area contributed by atoms with E-state index < -0.39 is 11.4 Å². The summed E-state index contributed by atoms with van der Waals surface area (Å²) < 4.78 is 10.7. The van der Waals surface area contributed by atoms with Crippen molar-refractivity contribution >= 4 is 17.5 Å². The molecule has 0 atom stereocenters. The summed E-state index contributed by atoms with van der Waals surface area (Å²) in [4.78, 5) is 40.7. The highest BCUT2D eigenvalue weighted by molar-refractivity contribution is 6.22. The molecule has 36 heavy (non-hydrogen) atoms. The van der Waals surface area contributed by atoms with Crippen LogP contribution >= 0.6 is 0 Å². The van der Waals surface area contributed by atoms with Gasteiger partial charge in [-0.3, -0.25) is 14.4 Å². The van der Waals surface area contributed by atoms with Crippen molar-refractivity contribution in [1.82, 2.24) is 0 Å². The molecular formula is C30H56O6. The molecule has 0 unspecified atom stereocenters. The van der Waals surface area contributed by atoms with Gasteiger partial charge in [-0.25, -0.2) is 0 Å². The van der Waals surface area contributed by atoms with Gasteiger partial charge in [0.2, 0.25) is 0 Å². The van der Waals surface area contributed by atoms with E-state index in [4.69, 9.17) is 14.6 Å². The highest BCUT2D eigenvalue weighted by atomic mass is 16.6. The second-order valence-corrected chi connectivity index (χ2v) is 10.1. The Morgan fingerprint density at radius 1 is 0.583 bits per heavy atom. The smallest absolute Gasteiger partial charge is 0.327 e. The number of esters is 1. The monoisotopic (exact) mass is 512 g/mol. The Morgan fingerprint density at radius 3 is 1.50 bits per heavy atom. The van der Waals surface area contributed by atoms with Crippen LogP contribution in [0, 0.1) is 5.41 Å². The number of unbranched alkanes of at least 4 members (excludes halogenated alkanes) is 13. The molecular weight excluding hydrogens is 456 g/mol. The lowest BCUT2D eigenvalue weighted by Gasteiger charge is -2.29. The van der Waals surface area contributed by atoms with Gasteiger partial charge in [0, 0.05) is 12.8 Å². The molecule has 0 saturated carbocycles. The zero-order valence-electron chi connectivity index (χ0n) is 23.8. The highest BCUT2D eigenvalue weighted by Gasteiger charge is 2.51. The zero-order chi connectivity index (χ0) is 26.9. The fraction of sp³-hybridized carbons (Fsp3) is 0.900. The van der Waals surface area contributed by atoms with E-state index in [9.17, 15) is 14.4 Å². The summed E-state index contributed by atoms with van der Waals surface area (Å²) in [6.07, 6.45) is 16.7. The number of rotatable bonds is 27. The molecule has 0 aliphatic rings. The van der Waals surface area contributed by atoms with Crippen LogP contribution in [0.5, 0.6) is 0 Å². The Kier molecular flexibility index (Phi) is 23.2. The molecule has 0 aromatic carbocycles. The van der Waals surface area contributed by atoms with Crippen molar-refractivity contribution in [2.24, 2.45) is 5.41 Å². The summed E-state index contributed by atoms with van der Waals surface area (Å²) in [5, 5.41) is 8.87. The van der Waals surface area contributed by atoms with Gasteiger partial charge in [-0.1, -0.05) is 111 Å². The largest absolute Gasteiger partial charge is 0.462 e. The number of hydrogen-bond acceptors (Lipinski definition) is 6. The van der Waals surface area contributed by atoms with Gasteiger partial charge in [0.05, 0.1) is 19.8 Å². The van der Waals surface area contributed by atoms with E-state index >= 15 is 0 Å². The number of hydrogen-bond donors (Lipinski definition) is 1. The summed E-state index contributed by atoms with van der Waals surface area (Å²) in [5.41, 5.74) is -1.68. The molecule has 0 bridgehead atoms. The molecule has 0 aliphatic carbocycles. The maximum Gasteiger partial charge on any atom is 0.327 e. The van der Waals surface area contributed by atoms with Crippen LogP contribution in [-0.4, -0.2) is 49.1 Å². The van der Waals surface area contributed by atoms with Crippen LogP contribution in [0.15, 0.2) is 0 Å². The minimum absolute atomic E-state index is 0.0232. The normalized spacial score (nSPS) is 11.6. The van der Waals surface area contributed by atoms with Crippen molar-refractivity contribution in [3.8, 4) is 0 Å². The lowest BCUT2D eigenvalue weighted by molar-refractivity contribution is -0.166. The van der Waals surface area contributed by atoms with Crippen LogP contribution in [0.25, 0.3) is 0 Å². The third-order valence-corrected chi connectivity index (χ3v) is 6.92. The Bertz CT molecular complexity index is 495. The molecule has 0 aromatic rings. The van der Waals surface area contributed by atoms with Crippen LogP contribution in [0.1, 0.15) is 143 Å². The van der Waals surface area contributed by atoms with E-state index in [-0.39, 0.29) is 57.3 Å². The van der Waals surface area contributed by atoms with Gasteiger partial charge < -0.3 is 14.6 Å². The third-order valence-electron chi connectivity index (χ3n) is 6.92. The van der Waals surface area contributed by atoms with Crippen molar-refractivity contribution in [1.29, 1.82) is 0 Å². The van der Waals surface area contributed by atoms with Gasteiger partial charge in [-0.05, 0) is 19.3 Å². The van der Waals surface area contributed by atoms with Crippen LogP contribution in [0.3, 0.4) is 0 Å². The first kappa shape index (κ1) is 34.7. The van der Waals surface area contributed by atoms with E-state index in [0.717, 1.165) is 77.0 Å². The Hall–Kier alpha value is -1.27. The van der Waals surface area contributed by atoms with Gasteiger partial charge in [-0.15, -0.1) is 0 Å². The summed E-state index contributed by atoms with van der Waals surface area (Å²) in [7, 11) is 0. The average Bonchev–Trinajstić information content (AvgIpc) is 2.87. The van der Waals surface area contributed by atoms with E-state index in [1.54, 1.807) is 0 Å². The molecule has 6 nitrogen and oxygen atoms in total. The molecule has 0 radical (unpaired) electrons. The molecule has 0 heterocycles. The van der Waals surface area contributed by atoms with Gasteiger partial charge in [-0.2, -0.15) is 0 Å². The van der Waals surface area contributed by atoms with Crippen LogP contribution in [0.2, 0.25) is 0 Å². The number of aliphatic hydroxyl groups is 1. The second-order valence-electron chi connectivity index (χ2n) is 10.1. The quantitative estimate of drug-likeness (QED) is 0.0715. The molecule has 6 heteroatoms. The van der Waals surface area contributed by atoms with Crippen molar-refractivity contribution in [3.05, 3.63) is 0 Å². The van der Waals surface area contributed by atoms with Crippen LogP contribution in [-0.2, 0) is 23.9 Å². The molecule has 0 spiro atoms.